The average Bonchev–Trinajstić information content (AvgIpc) is 2.47. The maximum atomic E-state index is 12.0. The molecule has 104 valence electrons. The van der Waals surface area contributed by atoms with Crippen LogP contribution >= 0.6 is 0 Å². The van der Waals surface area contributed by atoms with Gasteiger partial charge in [0.25, 0.3) is 0 Å². The SMILES string of the molecule is COc1ccc(O)c(CNC(=O)C2CCOCC2)c1. The van der Waals surface area contributed by atoms with Crippen LogP contribution in [0.3, 0.4) is 0 Å². The Morgan fingerprint density at radius 2 is 2.21 bits per heavy atom. The van der Waals surface area contributed by atoms with Crippen molar-refractivity contribution in [1.82, 2.24) is 5.32 Å². The molecule has 1 aromatic rings. The van der Waals surface area contributed by atoms with Crippen molar-refractivity contribution >= 4 is 5.91 Å². The van der Waals surface area contributed by atoms with Crippen LogP contribution < -0.4 is 10.1 Å². The van der Waals surface area contributed by atoms with E-state index in [4.69, 9.17) is 9.47 Å². The predicted molar refractivity (Wildman–Crippen MR) is 70.0 cm³/mol. The molecule has 1 amide bonds. The van der Waals surface area contributed by atoms with Gasteiger partial charge in [-0.25, -0.2) is 0 Å². The number of amides is 1. The molecule has 0 aromatic heterocycles. The summed E-state index contributed by atoms with van der Waals surface area (Å²) >= 11 is 0. The summed E-state index contributed by atoms with van der Waals surface area (Å²) < 4.78 is 10.3. The summed E-state index contributed by atoms with van der Waals surface area (Å²) in [5.74, 6) is 0.855. The van der Waals surface area contributed by atoms with Crippen LogP contribution in [-0.2, 0) is 16.1 Å². The highest BCUT2D eigenvalue weighted by Gasteiger charge is 2.21. The lowest BCUT2D eigenvalue weighted by molar-refractivity contribution is -0.128. The molecular weight excluding hydrogens is 246 g/mol. The minimum atomic E-state index is 0.0153. The Hall–Kier alpha value is -1.75. The number of hydrogen-bond acceptors (Lipinski definition) is 4. The van der Waals surface area contributed by atoms with Gasteiger partial charge in [0.1, 0.15) is 11.5 Å². The highest BCUT2D eigenvalue weighted by atomic mass is 16.5. The second-order valence-electron chi connectivity index (χ2n) is 4.60. The van der Waals surface area contributed by atoms with Crippen LogP contribution in [0.25, 0.3) is 0 Å². The van der Waals surface area contributed by atoms with Crippen LogP contribution in [0, 0.1) is 5.92 Å². The monoisotopic (exact) mass is 265 g/mol. The van der Waals surface area contributed by atoms with E-state index in [1.54, 1.807) is 25.3 Å². The van der Waals surface area contributed by atoms with Gasteiger partial charge in [-0.3, -0.25) is 4.79 Å². The zero-order chi connectivity index (χ0) is 13.7. The maximum absolute atomic E-state index is 12.0. The zero-order valence-corrected chi connectivity index (χ0v) is 11.0. The van der Waals surface area contributed by atoms with Crippen LogP contribution in [0.5, 0.6) is 11.5 Å². The molecule has 19 heavy (non-hydrogen) atoms. The fourth-order valence-corrected chi connectivity index (χ4v) is 2.12. The van der Waals surface area contributed by atoms with Crippen molar-refractivity contribution in [2.24, 2.45) is 5.92 Å². The van der Waals surface area contributed by atoms with E-state index in [9.17, 15) is 9.90 Å². The molecule has 1 aliphatic heterocycles. The lowest BCUT2D eigenvalue weighted by Gasteiger charge is -2.21. The summed E-state index contributed by atoms with van der Waals surface area (Å²) in [7, 11) is 1.57. The number of benzene rings is 1. The minimum Gasteiger partial charge on any atom is -0.508 e. The van der Waals surface area contributed by atoms with Gasteiger partial charge in [0.2, 0.25) is 5.91 Å². The van der Waals surface area contributed by atoms with Gasteiger partial charge in [0, 0.05) is 31.2 Å². The number of phenols is 1. The van der Waals surface area contributed by atoms with Crippen LogP contribution in [0.2, 0.25) is 0 Å². The molecule has 1 aliphatic rings. The van der Waals surface area contributed by atoms with Crippen LogP contribution in [0.4, 0.5) is 0 Å². The first-order valence-electron chi connectivity index (χ1n) is 6.42. The first-order valence-corrected chi connectivity index (χ1v) is 6.42. The summed E-state index contributed by atoms with van der Waals surface area (Å²) in [4.78, 5) is 12.0. The third-order valence-corrected chi connectivity index (χ3v) is 3.33. The van der Waals surface area contributed by atoms with Gasteiger partial charge in [-0.2, -0.15) is 0 Å². The van der Waals surface area contributed by atoms with E-state index in [0.717, 1.165) is 12.8 Å². The van der Waals surface area contributed by atoms with Crippen molar-refractivity contribution in [3.8, 4) is 11.5 Å². The van der Waals surface area contributed by atoms with Gasteiger partial charge in [0.15, 0.2) is 0 Å². The summed E-state index contributed by atoms with van der Waals surface area (Å²) in [6.07, 6.45) is 1.52. The Kier molecular flexibility index (Phi) is 4.63. The lowest BCUT2D eigenvalue weighted by Crippen LogP contribution is -2.33. The number of aromatic hydroxyl groups is 1. The molecule has 0 unspecified atom stereocenters. The van der Waals surface area contributed by atoms with Crippen molar-refractivity contribution in [2.75, 3.05) is 20.3 Å². The van der Waals surface area contributed by atoms with Gasteiger partial charge in [-0.15, -0.1) is 0 Å². The van der Waals surface area contributed by atoms with E-state index in [1.807, 2.05) is 0 Å². The van der Waals surface area contributed by atoms with Crippen LogP contribution in [0.1, 0.15) is 18.4 Å². The standard InChI is InChI=1S/C14H19NO4/c1-18-12-2-3-13(16)11(8-12)9-15-14(17)10-4-6-19-7-5-10/h2-3,8,10,16H,4-7,9H2,1H3,(H,15,17). The van der Waals surface area contributed by atoms with Gasteiger partial charge in [-0.05, 0) is 31.0 Å². The smallest absolute Gasteiger partial charge is 0.223 e. The molecule has 1 aromatic carbocycles. The molecule has 0 bridgehead atoms. The summed E-state index contributed by atoms with van der Waals surface area (Å²) in [6.45, 7) is 1.59. The quantitative estimate of drug-likeness (QED) is 0.864. The van der Waals surface area contributed by atoms with E-state index in [0.29, 0.717) is 31.1 Å². The summed E-state index contributed by atoms with van der Waals surface area (Å²) in [5.41, 5.74) is 0.653. The number of phenolic OH excluding ortho intramolecular Hbond substituents is 1. The van der Waals surface area contributed by atoms with Gasteiger partial charge >= 0.3 is 0 Å². The summed E-state index contributed by atoms with van der Waals surface area (Å²) in [5, 5.41) is 12.6. The maximum Gasteiger partial charge on any atom is 0.223 e. The normalized spacial score (nSPS) is 16.1. The molecule has 0 spiro atoms. The van der Waals surface area contributed by atoms with Gasteiger partial charge < -0.3 is 19.9 Å². The Morgan fingerprint density at radius 3 is 2.89 bits per heavy atom. The fraction of sp³-hybridized carbons (Fsp3) is 0.500. The molecule has 1 fully saturated rings. The average molecular weight is 265 g/mol. The first-order chi connectivity index (χ1) is 9.20. The van der Waals surface area contributed by atoms with Crippen molar-refractivity contribution in [3.63, 3.8) is 0 Å². The molecule has 0 radical (unpaired) electrons. The van der Waals surface area contributed by atoms with Gasteiger partial charge in [0.05, 0.1) is 7.11 Å². The highest BCUT2D eigenvalue weighted by molar-refractivity contribution is 5.78. The molecule has 5 heteroatoms. The topological polar surface area (TPSA) is 67.8 Å². The summed E-state index contributed by atoms with van der Waals surface area (Å²) in [6, 6.07) is 4.97. The Labute approximate surface area is 112 Å². The van der Waals surface area contributed by atoms with Crippen molar-refractivity contribution in [3.05, 3.63) is 23.8 Å². The Balaban J connectivity index is 1.92. The lowest BCUT2D eigenvalue weighted by atomic mass is 9.99. The third-order valence-electron chi connectivity index (χ3n) is 3.33. The number of rotatable bonds is 4. The number of methoxy groups -OCH3 is 1. The number of ether oxygens (including phenoxy) is 2. The Morgan fingerprint density at radius 1 is 1.47 bits per heavy atom. The number of carbonyl (C=O) groups is 1. The predicted octanol–water partition coefficient (Wildman–Crippen LogP) is 1.44. The second kappa shape index (κ2) is 6.43. The Bertz CT molecular complexity index is 441. The number of carbonyl (C=O) groups excluding carboxylic acids is 1. The van der Waals surface area contributed by atoms with E-state index in [-0.39, 0.29) is 17.6 Å². The number of hydrogen-bond donors (Lipinski definition) is 2. The van der Waals surface area contributed by atoms with Crippen molar-refractivity contribution in [1.29, 1.82) is 0 Å². The van der Waals surface area contributed by atoms with Crippen LogP contribution in [0.15, 0.2) is 18.2 Å². The van der Waals surface area contributed by atoms with E-state index >= 15 is 0 Å². The van der Waals surface area contributed by atoms with Crippen molar-refractivity contribution < 1.29 is 19.4 Å². The molecule has 2 rings (SSSR count). The minimum absolute atomic E-state index is 0.0153. The molecule has 0 saturated carbocycles. The van der Waals surface area contributed by atoms with E-state index in [2.05, 4.69) is 5.32 Å². The molecule has 1 saturated heterocycles. The molecule has 5 nitrogen and oxygen atoms in total. The first kappa shape index (κ1) is 13.7. The van der Waals surface area contributed by atoms with Gasteiger partial charge in [-0.1, -0.05) is 0 Å². The van der Waals surface area contributed by atoms with Crippen LogP contribution in [-0.4, -0.2) is 31.3 Å². The second-order valence-corrected chi connectivity index (χ2v) is 4.60. The molecule has 0 aliphatic carbocycles. The van der Waals surface area contributed by atoms with E-state index < -0.39 is 0 Å². The molecule has 0 atom stereocenters. The zero-order valence-electron chi connectivity index (χ0n) is 11.0. The molecule has 1 heterocycles. The molecular formula is C14H19NO4. The highest BCUT2D eigenvalue weighted by Crippen LogP contribution is 2.23. The fourth-order valence-electron chi connectivity index (χ4n) is 2.12. The van der Waals surface area contributed by atoms with Crippen molar-refractivity contribution in [2.45, 2.75) is 19.4 Å². The largest absolute Gasteiger partial charge is 0.508 e. The third kappa shape index (κ3) is 3.61. The van der Waals surface area contributed by atoms with E-state index in [1.165, 1.54) is 0 Å². The molecule has 2 N–H and O–H groups in total. The number of nitrogens with one attached hydrogen (secondary N) is 1.